The number of hydrogen-bond acceptors (Lipinski definition) is 4. The maximum absolute atomic E-state index is 12.1. The molecule has 1 saturated heterocycles. The fourth-order valence-corrected chi connectivity index (χ4v) is 4.69. The van der Waals surface area contributed by atoms with Crippen molar-refractivity contribution in [2.24, 2.45) is 5.41 Å². The Kier molecular flexibility index (Phi) is 4.11. The molecule has 1 aromatic heterocycles. The van der Waals surface area contributed by atoms with E-state index < -0.39 is 10.0 Å². The molecule has 102 valence electrons. The Bertz CT molecular complexity index is 502. The first-order valence-electron chi connectivity index (χ1n) is 6.18. The van der Waals surface area contributed by atoms with Crippen molar-refractivity contribution in [2.45, 2.75) is 30.9 Å². The minimum Gasteiger partial charge on any atom is -0.316 e. The molecule has 0 spiro atoms. The molecule has 0 saturated carbocycles. The first-order valence-corrected chi connectivity index (χ1v) is 8.48. The van der Waals surface area contributed by atoms with Crippen LogP contribution in [0.2, 0.25) is 0 Å². The summed E-state index contributed by atoms with van der Waals surface area (Å²) in [5.41, 5.74) is 0.0254. The zero-order valence-corrected chi connectivity index (χ0v) is 12.5. The normalized spacial score (nSPS) is 25.2. The Morgan fingerprint density at radius 2 is 2.28 bits per heavy atom. The van der Waals surface area contributed by atoms with Gasteiger partial charge in [0.1, 0.15) is 4.21 Å². The van der Waals surface area contributed by atoms with Gasteiger partial charge in [-0.15, -0.1) is 11.3 Å². The molecule has 1 unspecified atom stereocenters. The van der Waals surface area contributed by atoms with Crippen LogP contribution in [0.3, 0.4) is 0 Å². The van der Waals surface area contributed by atoms with Gasteiger partial charge >= 0.3 is 0 Å². The van der Waals surface area contributed by atoms with Crippen LogP contribution in [0.15, 0.2) is 16.3 Å². The molecule has 0 radical (unpaired) electrons. The maximum Gasteiger partial charge on any atom is 0.250 e. The molecule has 0 amide bonds. The quantitative estimate of drug-likeness (QED) is 0.887. The van der Waals surface area contributed by atoms with Gasteiger partial charge in [-0.05, 0) is 43.9 Å². The molecule has 18 heavy (non-hydrogen) atoms. The predicted octanol–water partition coefficient (Wildman–Crippen LogP) is 1.72. The van der Waals surface area contributed by atoms with Gasteiger partial charge in [0.2, 0.25) is 10.0 Å². The molecular formula is C12H20N2O2S2. The lowest BCUT2D eigenvalue weighted by Crippen LogP contribution is -2.45. The summed E-state index contributed by atoms with van der Waals surface area (Å²) in [6, 6.07) is 3.51. The second-order valence-corrected chi connectivity index (χ2v) is 8.56. The number of nitrogens with one attached hydrogen (secondary N) is 2. The van der Waals surface area contributed by atoms with Crippen molar-refractivity contribution in [1.29, 1.82) is 0 Å². The summed E-state index contributed by atoms with van der Waals surface area (Å²) in [4.78, 5) is 1.01. The van der Waals surface area contributed by atoms with E-state index in [4.69, 9.17) is 0 Å². The van der Waals surface area contributed by atoms with Gasteiger partial charge in [-0.3, -0.25) is 0 Å². The van der Waals surface area contributed by atoms with Gasteiger partial charge in [-0.25, -0.2) is 13.1 Å². The van der Waals surface area contributed by atoms with E-state index >= 15 is 0 Å². The second kappa shape index (κ2) is 5.28. The number of aryl methyl sites for hydroxylation is 1. The molecule has 2 rings (SSSR count). The average Bonchev–Trinajstić information content (AvgIpc) is 2.76. The second-order valence-electron chi connectivity index (χ2n) is 5.28. The molecule has 0 aromatic carbocycles. The van der Waals surface area contributed by atoms with E-state index in [1.165, 1.54) is 11.3 Å². The Balaban J connectivity index is 2.01. The molecule has 2 N–H and O–H groups in total. The largest absolute Gasteiger partial charge is 0.316 e. The summed E-state index contributed by atoms with van der Waals surface area (Å²) in [6.45, 7) is 6.45. The highest BCUT2D eigenvalue weighted by Gasteiger charge is 2.29. The van der Waals surface area contributed by atoms with Crippen LogP contribution < -0.4 is 10.0 Å². The van der Waals surface area contributed by atoms with Gasteiger partial charge in [0.25, 0.3) is 0 Å². The standard InChI is InChI=1S/C12H20N2O2S2/c1-10-4-5-11(17-10)18(15,16)14-9-12(2)6-3-7-13-8-12/h4-5,13-14H,3,6-9H2,1-2H3. The minimum atomic E-state index is -3.34. The van der Waals surface area contributed by atoms with Crippen LogP contribution in [0.1, 0.15) is 24.6 Å². The topological polar surface area (TPSA) is 58.2 Å². The molecule has 0 bridgehead atoms. The fourth-order valence-electron chi connectivity index (χ4n) is 2.17. The Labute approximate surface area is 113 Å². The van der Waals surface area contributed by atoms with E-state index in [0.29, 0.717) is 10.8 Å². The molecule has 2 heterocycles. The SMILES string of the molecule is Cc1ccc(S(=O)(=O)NCC2(C)CCCNC2)s1. The summed E-state index contributed by atoms with van der Waals surface area (Å²) in [5.74, 6) is 0. The lowest BCUT2D eigenvalue weighted by molar-refractivity contribution is 0.238. The number of thiophene rings is 1. The van der Waals surface area contributed by atoms with Crippen molar-refractivity contribution in [3.05, 3.63) is 17.0 Å². The van der Waals surface area contributed by atoms with Crippen LogP contribution in [0.5, 0.6) is 0 Å². The zero-order valence-electron chi connectivity index (χ0n) is 10.8. The third-order valence-electron chi connectivity index (χ3n) is 3.36. The molecule has 0 aliphatic carbocycles. The zero-order chi connectivity index (χ0) is 13.2. The predicted molar refractivity (Wildman–Crippen MR) is 74.5 cm³/mol. The van der Waals surface area contributed by atoms with Crippen LogP contribution in [-0.2, 0) is 10.0 Å². The fraction of sp³-hybridized carbons (Fsp3) is 0.667. The van der Waals surface area contributed by atoms with E-state index in [1.807, 2.05) is 13.0 Å². The highest BCUT2D eigenvalue weighted by Crippen LogP contribution is 2.26. The lowest BCUT2D eigenvalue weighted by atomic mass is 9.83. The highest BCUT2D eigenvalue weighted by atomic mass is 32.2. The molecular weight excluding hydrogens is 268 g/mol. The van der Waals surface area contributed by atoms with Crippen LogP contribution in [0, 0.1) is 12.3 Å². The molecule has 1 aromatic rings. The van der Waals surface area contributed by atoms with Crippen LogP contribution in [-0.4, -0.2) is 28.1 Å². The number of hydrogen-bond donors (Lipinski definition) is 2. The van der Waals surface area contributed by atoms with Crippen molar-refractivity contribution in [3.63, 3.8) is 0 Å². The first kappa shape index (κ1) is 14.0. The molecule has 6 heteroatoms. The Morgan fingerprint density at radius 3 is 2.83 bits per heavy atom. The lowest BCUT2D eigenvalue weighted by Gasteiger charge is -2.34. The minimum absolute atomic E-state index is 0.0254. The van der Waals surface area contributed by atoms with E-state index in [0.717, 1.165) is 30.8 Å². The van der Waals surface area contributed by atoms with Crippen LogP contribution in [0.25, 0.3) is 0 Å². The van der Waals surface area contributed by atoms with Gasteiger partial charge in [0.05, 0.1) is 0 Å². The van der Waals surface area contributed by atoms with Crippen molar-refractivity contribution in [1.82, 2.24) is 10.0 Å². The van der Waals surface area contributed by atoms with Crippen molar-refractivity contribution in [3.8, 4) is 0 Å². The highest BCUT2D eigenvalue weighted by molar-refractivity contribution is 7.91. The Hall–Kier alpha value is -0.430. The maximum atomic E-state index is 12.1. The van der Waals surface area contributed by atoms with Gasteiger partial charge < -0.3 is 5.32 Å². The first-order chi connectivity index (χ1) is 8.41. The molecule has 1 atom stereocenters. The third kappa shape index (κ3) is 3.32. The average molecular weight is 288 g/mol. The molecule has 1 aliphatic heterocycles. The number of rotatable bonds is 4. The third-order valence-corrected chi connectivity index (χ3v) is 6.25. The summed E-state index contributed by atoms with van der Waals surface area (Å²) in [6.07, 6.45) is 2.17. The number of sulfonamides is 1. The molecule has 4 nitrogen and oxygen atoms in total. The summed E-state index contributed by atoms with van der Waals surface area (Å²) in [7, 11) is -3.34. The summed E-state index contributed by atoms with van der Waals surface area (Å²) >= 11 is 1.31. The summed E-state index contributed by atoms with van der Waals surface area (Å²) < 4.78 is 27.4. The van der Waals surface area contributed by atoms with E-state index in [9.17, 15) is 8.42 Å². The van der Waals surface area contributed by atoms with Gasteiger partial charge in [0.15, 0.2) is 0 Å². The molecule has 1 aliphatic rings. The number of piperidine rings is 1. The van der Waals surface area contributed by atoms with Crippen molar-refractivity contribution < 1.29 is 8.42 Å². The van der Waals surface area contributed by atoms with Crippen molar-refractivity contribution >= 4 is 21.4 Å². The summed E-state index contributed by atoms with van der Waals surface area (Å²) in [5, 5.41) is 3.32. The van der Waals surface area contributed by atoms with E-state index in [-0.39, 0.29) is 5.41 Å². The smallest absolute Gasteiger partial charge is 0.250 e. The van der Waals surface area contributed by atoms with Gasteiger partial charge in [0, 0.05) is 18.0 Å². The van der Waals surface area contributed by atoms with Crippen molar-refractivity contribution in [2.75, 3.05) is 19.6 Å². The van der Waals surface area contributed by atoms with E-state index in [2.05, 4.69) is 17.0 Å². The monoisotopic (exact) mass is 288 g/mol. The van der Waals surface area contributed by atoms with Gasteiger partial charge in [-0.1, -0.05) is 6.92 Å². The van der Waals surface area contributed by atoms with Crippen LogP contribution >= 0.6 is 11.3 Å². The van der Waals surface area contributed by atoms with Crippen LogP contribution in [0.4, 0.5) is 0 Å². The molecule has 1 fully saturated rings. The van der Waals surface area contributed by atoms with Gasteiger partial charge in [-0.2, -0.15) is 0 Å². The van der Waals surface area contributed by atoms with E-state index in [1.54, 1.807) is 6.07 Å². The Morgan fingerprint density at radius 1 is 1.50 bits per heavy atom.